The Kier molecular flexibility index (Phi) is 4.51. The van der Waals surface area contributed by atoms with Crippen LogP contribution in [0.5, 0.6) is 0 Å². The quantitative estimate of drug-likeness (QED) is 0.829. The molecule has 1 unspecified atom stereocenters. The van der Waals surface area contributed by atoms with Gasteiger partial charge in [0.25, 0.3) is 0 Å². The molecule has 0 radical (unpaired) electrons. The van der Waals surface area contributed by atoms with Gasteiger partial charge in [-0.2, -0.15) is 0 Å². The lowest BCUT2D eigenvalue weighted by Crippen LogP contribution is -2.17. The Morgan fingerprint density at radius 2 is 2.12 bits per heavy atom. The number of halogens is 3. The smallest absolute Gasteiger partial charge is 0.339 e. The second-order valence-corrected chi connectivity index (χ2v) is 3.27. The van der Waals surface area contributed by atoms with Gasteiger partial charge in [-0.3, -0.25) is 0 Å². The minimum Gasteiger partial charge on any atom is -0.464 e. The lowest BCUT2D eigenvalue weighted by atomic mass is 10.1. The van der Waals surface area contributed by atoms with Gasteiger partial charge < -0.3 is 9.84 Å². The average Bonchev–Trinajstić information content (AvgIpc) is 2.31. The van der Waals surface area contributed by atoms with Crippen molar-refractivity contribution < 1.29 is 27.8 Å². The Balaban J connectivity index is 3.11. The summed E-state index contributed by atoms with van der Waals surface area (Å²) in [6.45, 7) is 0.460. The molecule has 0 saturated carbocycles. The van der Waals surface area contributed by atoms with Crippen LogP contribution in [0, 0.1) is 11.6 Å². The fourth-order valence-electron chi connectivity index (χ4n) is 1.29. The molecule has 1 N–H and O–H groups in total. The second kappa shape index (κ2) is 5.67. The Hall–Kier alpha value is -1.56. The maximum atomic E-state index is 13.3. The standard InChI is InChI=1S/C11H11F3O3/c1-2-17-11(16)10(15)7-3-6(5-12)4-8(13)9(7)14/h3-4,10,15H,2,5H2,1H3. The van der Waals surface area contributed by atoms with Crippen molar-refractivity contribution in [3.05, 3.63) is 34.9 Å². The maximum absolute atomic E-state index is 13.3. The first kappa shape index (κ1) is 13.5. The minimum absolute atomic E-state index is 0.0111. The first-order valence-corrected chi connectivity index (χ1v) is 4.89. The van der Waals surface area contributed by atoms with E-state index in [0.717, 1.165) is 6.07 Å². The summed E-state index contributed by atoms with van der Waals surface area (Å²) >= 11 is 0. The fraction of sp³-hybridized carbons (Fsp3) is 0.364. The summed E-state index contributed by atoms with van der Waals surface area (Å²) < 4.78 is 43.1. The number of benzene rings is 1. The summed E-state index contributed by atoms with van der Waals surface area (Å²) in [5.41, 5.74) is -0.793. The van der Waals surface area contributed by atoms with Gasteiger partial charge in [0.1, 0.15) is 6.67 Å². The largest absolute Gasteiger partial charge is 0.464 e. The summed E-state index contributed by atoms with van der Waals surface area (Å²) in [6, 6.07) is 1.55. The molecule has 0 heterocycles. The van der Waals surface area contributed by atoms with E-state index in [0.29, 0.717) is 6.07 Å². The van der Waals surface area contributed by atoms with E-state index in [1.165, 1.54) is 6.92 Å². The number of aliphatic hydroxyl groups excluding tert-OH is 1. The third-order valence-electron chi connectivity index (χ3n) is 2.07. The van der Waals surface area contributed by atoms with Gasteiger partial charge in [0.2, 0.25) is 0 Å². The molecule has 0 aliphatic carbocycles. The summed E-state index contributed by atoms with van der Waals surface area (Å²) in [6.07, 6.45) is -1.96. The van der Waals surface area contributed by atoms with Crippen molar-refractivity contribution >= 4 is 5.97 Å². The van der Waals surface area contributed by atoms with E-state index in [2.05, 4.69) is 4.74 Å². The molecule has 0 aliphatic heterocycles. The van der Waals surface area contributed by atoms with Crippen LogP contribution in [-0.2, 0) is 16.2 Å². The highest BCUT2D eigenvalue weighted by Crippen LogP contribution is 2.23. The molecule has 1 atom stereocenters. The molecular formula is C11H11F3O3. The molecule has 0 saturated heterocycles. The van der Waals surface area contributed by atoms with Crippen LogP contribution in [0.25, 0.3) is 0 Å². The van der Waals surface area contributed by atoms with Gasteiger partial charge in [-0.05, 0) is 24.6 Å². The molecule has 1 aromatic carbocycles. The van der Waals surface area contributed by atoms with E-state index in [-0.39, 0.29) is 12.2 Å². The van der Waals surface area contributed by atoms with Crippen molar-refractivity contribution in [3.63, 3.8) is 0 Å². The molecule has 6 heteroatoms. The van der Waals surface area contributed by atoms with Gasteiger partial charge >= 0.3 is 5.97 Å². The molecule has 0 amide bonds. The van der Waals surface area contributed by atoms with E-state index in [9.17, 15) is 23.1 Å². The lowest BCUT2D eigenvalue weighted by Gasteiger charge is -2.12. The highest BCUT2D eigenvalue weighted by atomic mass is 19.2. The van der Waals surface area contributed by atoms with E-state index in [4.69, 9.17) is 0 Å². The molecule has 0 aliphatic rings. The average molecular weight is 248 g/mol. The van der Waals surface area contributed by atoms with Crippen molar-refractivity contribution in [2.75, 3.05) is 6.61 Å². The molecule has 94 valence electrons. The van der Waals surface area contributed by atoms with Crippen LogP contribution in [0.4, 0.5) is 13.2 Å². The number of hydrogen-bond donors (Lipinski definition) is 1. The zero-order chi connectivity index (χ0) is 13.0. The minimum atomic E-state index is -1.96. The highest BCUT2D eigenvalue weighted by molar-refractivity contribution is 5.76. The molecule has 1 aromatic rings. The van der Waals surface area contributed by atoms with Crippen LogP contribution >= 0.6 is 0 Å². The predicted octanol–water partition coefficient (Wildman–Crippen LogP) is 2.03. The molecule has 3 nitrogen and oxygen atoms in total. The molecule has 1 rings (SSSR count). The van der Waals surface area contributed by atoms with Crippen molar-refractivity contribution in [3.8, 4) is 0 Å². The maximum Gasteiger partial charge on any atom is 0.339 e. The van der Waals surface area contributed by atoms with E-state index >= 15 is 0 Å². The van der Waals surface area contributed by atoms with Gasteiger partial charge in [0.15, 0.2) is 17.7 Å². The summed E-state index contributed by atoms with van der Waals surface area (Å²) in [5, 5.41) is 9.44. The van der Waals surface area contributed by atoms with Crippen molar-refractivity contribution in [1.82, 2.24) is 0 Å². The number of esters is 1. The third-order valence-corrected chi connectivity index (χ3v) is 2.07. The normalized spacial score (nSPS) is 12.3. The topological polar surface area (TPSA) is 46.5 Å². The SMILES string of the molecule is CCOC(=O)C(O)c1cc(CF)cc(F)c1F. The Morgan fingerprint density at radius 3 is 2.65 bits per heavy atom. The van der Waals surface area contributed by atoms with Crippen LogP contribution in [0.2, 0.25) is 0 Å². The summed E-state index contributed by atoms with van der Waals surface area (Å²) in [4.78, 5) is 11.2. The van der Waals surface area contributed by atoms with Gasteiger partial charge in [-0.15, -0.1) is 0 Å². The first-order chi connectivity index (χ1) is 8.01. The van der Waals surface area contributed by atoms with Crippen molar-refractivity contribution in [2.24, 2.45) is 0 Å². The number of carbonyl (C=O) groups excluding carboxylic acids is 1. The third kappa shape index (κ3) is 2.97. The molecule has 0 aromatic heterocycles. The summed E-state index contributed by atoms with van der Waals surface area (Å²) in [5.74, 6) is -3.82. The predicted molar refractivity (Wildman–Crippen MR) is 52.8 cm³/mol. The molecule has 0 bridgehead atoms. The first-order valence-electron chi connectivity index (χ1n) is 4.89. The van der Waals surface area contributed by atoms with Gasteiger partial charge in [0.05, 0.1) is 6.61 Å². The van der Waals surface area contributed by atoms with Crippen LogP contribution < -0.4 is 0 Å². The monoisotopic (exact) mass is 248 g/mol. The zero-order valence-electron chi connectivity index (χ0n) is 9.04. The van der Waals surface area contributed by atoms with E-state index in [1.54, 1.807) is 0 Å². The number of aliphatic hydroxyl groups is 1. The van der Waals surface area contributed by atoms with Crippen LogP contribution in [-0.4, -0.2) is 17.7 Å². The van der Waals surface area contributed by atoms with Crippen molar-refractivity contribution in [2.45, 2.75) is 19.7 Å². The number of rotatable bonds is 4. The Labute approximate surface area is 95.8 Å². The van der Waals surface area contributed by atoms with E-state index in [1.807, 2.05) is 0 Å². The van der Waals surface area contributed by atoms with Crippen LogP contribution in [0.15, 0.2) is 12.1 Å². The summed E-state index contributed by atoms with van der Waals surface area (Å²) in [7, 11) is 0. The van der Waals surface area contributed by atoms with Gasteiger partial charge in [0, 0.05) is 5.56 Å². The number of alkyl halides is 1. The lowest BCUT2D eigenvalue weighted by molar-refractivity contribution is -0.153. The van der Waals surface area contributed by atoms with Crippen LogP contribution in [0.3, 0.4) is 0 Å². The van der Waals surface area contributed by atoms with Gasteiger partial charge in [-0.1, -0.05) is 0 Å². The molecule has 17 heavy (non-hydrogen) atoms. The van der Waals surface area contributed by atoms with Crippen molar-refractivity contribution in [1.29, 1.82) is 0 Å². The Morgan fingerprint density at radius 1 is 1.47 bits per heavy atom. The number of hydrogen-bond acceptors (Lipinski definition) is 3. The number of ether oxygens (including phenoxy) is 1. The van der Waals surface area contributed by atoms with Crippen LogP contribution in [0.1, 0.15) is 24.2 Å². The van der Waals surface area contributed by atoms with E-state index < -0.39 is 35.9 Å². The number of carbonyl (C=O) groups is 1. The molecular weight excluding hydrogens is 237 g/mol. The molecule has 0 fully saturated rings. The van der Waals surface area contributed by atoms with Gasteiger partial charge in [-0.25, -0.2) is 18.0 Å². The fourth-order valence-corrected chi connectivity index (χ4v) is 1.29. The second-order valence-electron chi connectivity index (χ2n) is 3.27. The zero-order valence-corrected chi connectivity index (χ0v) is 9.04. The highest BCUT2D eigenvalue weighted by Gasteiger charge is 2.24. The molecule has 0 spiro atoms. The Bertz CT molecular complexity index is 421.